The van der Waals surface area contributed by atoms with E-state index in [-0.39, 0.29) is 4.90 Å². The third-order valence-corrected chi connectivity index (χ3v) is 7.56. The van der Waals surface area contributed by atoms with Crippen LogP contribution in [0.5, 0.6) is 0 Å². The number of hydrogen-bond acceptors (Lipinski definition) is 5. The van der Waals surface area contributed by atoms with E-state index in [0.717, 1.165) is 16.8 Å². The minimum absolute atomic E-state index is 0.185. The second-order valence-corrected chi connectivity index (χ2v) is 9.77. The summed E-state index contributed by atoms with van der Waals surface area (Å²) < 4.78 is 29.9. The molecule has 0 aliphatic rings. The van der Waals surface area contributed by atoms with Crippen LogP contribution in [-0.2, 0) is 10.0 Å². The molecule has 0 atom stereocenters. The molecule has 0 fully saturated rings. The van der Waals surface area contributed by atoms with E-state index >= 15 is 0 Å². The third-order valence-electron chi connectivity index (χ3n) is 5.88. The Morgan fingerprint density at radius 2 is 1.51 bits per heavy atom. The van der Waals surface area contributed by atoms with Crippen molar-refractivity contribution in [1.29, 1.82) is 5.26 Å². The van der Waals surface area contributed by atoms with Crippen LogP contribution in [0.15, 0.2) is 108 Å². The van der Waals surface area contributed by atoms with Crippen LogP contribution < -0.4 is 0 Å². The average molecular weight is 476 g/mol. The Kier molecular flexibility index (Phi) is 4.73. The molecule has 168 valence electrons. The van der Waals surface area contributed by atoms with Gasteiger partial charge in [0.25, 0.3) is 10.0 Å². The summed E-state index contributed by atoms with van der Waals surface area (Å²) in [6.45, 7) is 0. The summed E-state index contributed by atoms with van der Waals surface area (Å²) in [6.07, 6.45) is 3.12. The fourth-order valence-electron chi connectivity index (χ4n) is 4.24. The highest BCUT2D eigenvalue weighted by Crippen LogP contribution is 2.33. The van der Waals surface area contributed by atoms with Crippen LogP contribution in [0.4, 0.5) is 0 Å². The smallest absolute Gasteiger partial charge is 0.269 e. The van der Waals surface area contributed by atoms with Gasteiger partial charge in [-0.15, -0.1) is 0 Å². The van der Waals surface area contributed by atoms with Gasteiger partial charge in [0, 0.05) is 22.8 Å². The predicted molar refractivity (Wildman–Crippen MR) is 134 cm³/mol. The van der Waals surface area contributed by atoms with E-state index in [1.807, 2.05) is 47.0 Å². The molecule has 3 aromatic carbocycles. The van der Waals surface area contributed by atoms with Gasteiger partial charge < -0.3 is 0 Å². The molecule has 0 saturated carbocycles. The maximum absolute atomic E-state index is 13.4. The summed E-state index contributed by atoms with van der Waals surface area (Å²) >= 11 is 0. The second-order valence-electron chi connectivity index (χ2n) is 7.95. The van der Waals surface area contributed by atoms with E-state index < -0.39 is 10.0 Å². The molecule has 35 heavy (non-hydrogen) atoms. The Hall–Kier alpha value is -4.74. The molecule has 0 radical (unpaired) electrons. The fourth-order valence-corrected chi connectivity index (χ4v) is 5.57. The molecule has 6 rings (SSSR count). The largest absolute Gasteiger partial charge is 0.292 e. The molecule has 6 aromatic rings. The summed E-state index contributed by atoms with van der Waals surface area (Å²) in [5.41, 5.74) is 3.94. The summed E-state index contributed by atoms with van der Waals surface area (Å²) in [5, 5.41) is 9.89. The molecule has 7 nitrogen and oxygen atoms in total. The molecule has 3 aromatic heterocycles. The van der Waals surface area contributed by atoms with E-state index in [4.69, 9.17) is 4.98 Å². The van der Waals surface area contributed by atoms with Gasteiger partial charge in [-0.05, 0) is 42.5 Å². The van der Waals surface area contributed by atoms with Gasteiger partial charge in [0.2, 0.25) is 0 Å². The normalized spacial score (nSPS) is 11.6. The number of fused-ring (bicyclic) bond motifs is 3. The van der Waals surface area contributed by atoms with Gasteiger partial charge in [0.15, 0.2) is 5.65 Å². The monoisotopic (exact) mass is 475 g/mol. The van der Waals surface area contributed by atoms with Gasteiger partial charge in [-0.25, -0.2) is 22.4 Å². The standard InChI is InChI=1S/C27H17N5O2S/c28-17-19-11-13-21(14-12-19)32-25-23-15-16-31(35(33,34)22-9-5-2-6-10-22)27(23)29-18-24(25)30-26(32)20-7-3-1-4-8-20/h1-16,18H. The summed E-state index contributed by atoms with van der Waals surface area (Å²) in [7, 11) is -3.83. The number of nitriles is 1. The van der Waals surface area contributed by atoms with Crippen molar-refractivity contribution in [2.24, 2.45) is 0 Å². The van der Waals surface area contributed by atoms with Crippen molar-refractivity contribution < 1.29 is 8.42 Å². The Morgan fingerprint density at radius 1 is 0.829 bits per heavy atom. The number of benzene rings is 3. The minimum atomic E-state index is -3.83. The zero-order valence-corrected chi connectivity index (χ0v) is 19.1. The quantitative estimate of drug-likeness (QED) is 0.351. The lowest BCUT2D eigenvalue weighted by Crippen LogP contribution is -2.12. The first-order valence-corrected chi connectivity index (χ1v) is 12.3. The number of aromatic nitrogens is 4. The highest BCUT2D eigenvalue weighted by Gasteiger charge is 2.23. The lowest BCUT2D eigenvalue weighted by molar-refractivity contribution is 0.589. The summed E-state index contributed by atoms with van der Waals surface area (Å²) in [4.78, 5) is 9.54. The molecular formula is C27H17N5O2S. The molecule has 0 unspecified atom stereocenters. The third kappa shape index (κ3) is 3.29. The van der Waals surface area contributed by atoms with E-state index in [9.17, 15) is 13.7 Å². The number of rotatable bonds is 4. The topological polar surface area (TPSA) is 93.6 Å². The van der Waals surface area contributed by atoms with Crippen LogP contribution in [-0.4, -0.2) is 26.9 Å². The maximum atomic E-state index is 13.4. The lowest BCUT2D eigenvalue weighted by atomic mass is 10.2. The molecular weight excluding hydrogens is 458 g/mol. The molecule has 0 N–H and O–H groups in total. The zero-order valence-electron chi connectivity index (χ0n) is 18.3. The Morgan fingerprint density at radius 3 is 2.20 bits per heavy atom. The number of nitrogens with zero attached hydrogens (tertiary/aromatic N) is 5. The van der Waals surface area contributed by atoms with Crippen molar-refractivity contribution in [3.8, 4) is 23.1 Å². The molecule has 0 amide bonds. The molecule has 0 spiro atoms. The number of hydrogen-bond donors (Lipinski definition) is 0. The van der Waals surface area contributed by atoms with Crippen molar-refractivity contribution in [2.75, 3.05) is 0 Å². The Labute approximate surface area is 201 Å². The van der Waals surface area contributed by atoms with E-state index in [2.05, 4.69) is 11.1 Å². The second kappa shape index (κ2) is 7.94. The first-order chi connectivity index (χ1) is 17.1. The first kappa shape index (κ1) is 20.8. The van der Waals surface area contributed by atoms with Gasteiger partial charge >= 0.3 is 0 Å². The van der Waals surface area contributed by atoms with Crippen LogP contribution >= 0.6 is 0 Å². The zero-order chi connectivity index (χ0) is 24.0. The van der Waals surface area contributed by atoms with Crippen LogP contribution in [0, 0.1) is 11.3 Å². The molecule has 0 aliphatic heterocycles. The minimum Gasteiger partial charge on any atom is -0.292 e. The van der Waals surface area contributed by atoms with Gasteiger partial charge in [0.1, 0.15) is 11.3 Å². The van der Waals surface area contributed by atoms with Crippen molar-refractivity contribution in [3.63, 3.8) is 0 Å². The van der Waals surface area contributed by atoms with Crippen LogP contribution in [0.25, 0.3) is 39.1 Å². The first-order valence-electron chi connectivity index (χ1n) is 10.8. The van der Waals surface area contributed by atoms with E-state index in [1.165, 1.54) is 10.2 Å². The van der Waals surface area contributed by atoms with Gasteiger partial charge in [0.05, 0.1) is 28.2 Å². The Bertz CT molecular complexity index is 1850. The molecule has 8 heteroatoms. The van der Waals surface area contributed by atoms with Gasteiger partial charge in [-0.2, -0.15) is 5.26 Å². The summed E-state index contributed by atoms with van der Waals surface area (Å²) in [6, 6.07) is 29.1. The van der Waals surface area contributed by atoms with Gasteiger partial charge in [-0.1, -0.05) is 48.5 Å². The van der Waals surface area contributed by atoms with Crippen LogP contribution in [0.1, 0.15) is 5.56 Å². The van der Waals surface area contributed by atoms with E-state index in [1.54, 1.807) is 54.7 Å². The highest BCUT2D eigenvalue weighted by atomic mass is 32.2. The van der Waals surface area contributed by atoms with Crippen LogP contribution in [0.2, 0.25) is 0 Å². The molecule has 0 aliphatic carbocycles. The van der Waals surface area contributed by atoms with Crippen molar-refractivity contribution in [1.82, 2.24) is 18.5 Å². The average Bonchev–Trinajstić information content (AvgIpc) is 3.52. The van der Waals surface area contributed by atoms with Gasteiger partial charge in [-0.3, -0.25) is 4.57 Å². The maximum Gasteiger partial charge on any atom is 0.269 e. The molecule has 0 saturated heterocycles. The SMILES string of the molecule is N#Cc1ccc(-n2c(-c3ccccc3)nc3cnc4c(ccn4S(=O)(=O)c4ccccc4)c32)cc1. The van der Waals surface area contributed by atoms with Crippen molar-refractivity contribution in [3.05, 3.63) is 109 Å². The summed E-state index contributed by atoms with van der Waals surface area (Å²) in [5.74, 6) is 0.693. The van der Waals surface area contributed by atoms with Crippen LogP contribution in [0.3, 0.4) is 0 Å². The lowest BCUT2D eigenvalue weighted by Gasteiger charge is -2.11. The van der Waals surface area contributed by atoms with Crippen molar-refractivity contribution >= 4 is 32.1 Å². The molecule has 0 bridgehead atoms. The fraction of sp³-hybridized carbons (Fsp3) is 0. The highest BCUT2D eigenvalue weighted by molar-refractivity contribution is 7.90. The van der Waals surface area contributed by atoms with E-state index in [0.29, 0.717) is 27.9 Å². The number of imidazole rings is 1. The number of pyridine rings is 1. The van der Waals surface area contributed by atoms with Crippen molar-refractivity contribution in [2.45, 2.75) is 4.90 Å². The molecule has 3 heterocycles. The Balaban J connectivity index is 1.67. The predicted octanol–water partition coefficient (Wildman–Crippen LogP) is 5.15.